The molecular formula is C19H14N4O3. The fourth-order valence-electron chi connectivity index (χ4n) is 2.35. The lowest BCUT2D eigenvalue weighted by Crippen LogP contribution is -2.10. The van der Waals surface area contributed by atoms with Crippen LogP contribution in [0.5, 0.6) is 17.2 Å². The lowest BCUT2D eigenvalue weighted by Gasteiger charge is -2.06. The molecule has 0 unspecified atom stereocenters. The molecular weight excluding hydrogens is 332 g/mol. The quantitative estimate of drug-likeness (QED) is 0.416. The summed E-state index contributed by atoms with van der Waals surface area (Å²) in [6.07, 6.45) is 1.61. The molecule has 2 aromatic carbocycles. The van der Waals surface area contributed by atoms with Crippen molar-refractivity contribution < 1.29 is 14.3 Å². The first-order chi connectivity index (χ1) is 12.7. The summed E-state index contributed by atoms with van der Waals surface area (Å²) in [7, 11) is 0. The first-order valence-electron chi connectivity index (χ1n) is 7.92. The maximum atomic E-state index is 12.3. The van der Waals surface area contributed by atoms with Gasteiger partial charge in [-0.1, -0.05) is 18.2 Å². The molecule has 0 aliphatic rings. The highest BCUT2D eigenvalue weighted by Crippen LogP contribution is 2.23. The van der Waals surface area contributed by atoms with E-state index >= 15 is 0 Å². The molecule has 7 nitrogen and oxygen atoms in total. The SMILES string of the molecule is Cc1ccnc2nc(C(=O)Oc3ccc(Oc4ccccc4)cc3)nn12. The second-order valence-electron chi connectivity index (χ2n) is 5.51. The number of hydrogen-bond donors (Lipinski definition) is 0. The molecule has 0 amide bonds. The van der Waals surface area contributed by atoms with Crippen LogP contribution in [0, 0.1) is 6.92 Å². The first-order valence-corrected chi connectivity index (χ1v) is 7.92. The molecule has 0 N–H and O–H groups in total. The van der Waals surface area contributed by atoms with Gasteiger partial charge >= 0.3 is 5.97 Å². The lowest BCUT2D eigenvalue weighted by atomic mass is 10.3. The summed E-state index contributed by atoms with van der Waals surface area (Å²) in [5, 5.41) is 4.13. The van der Waals surface area contributed by atoms with Crippen molar-refractivity contribution in [2.24, 2.45) is 0 Å². The smallest absolute Gasteiger partial charge is 0.383 e. The van der Waals surface area contributed by atoms with Gasteiger partial charge in [-0.2, -0.15) is 4.98 Å². The number of nitrogens with zero attached hydrogens (tertiary/aromatic N) is 4. The number of benzene rings is 2. The van der Waals surface area contributed by atoms with E-state index in [1.807, 2.05) is 37.3 Å². The van der Waals surface area contributed by atoms with E-state index in [-0.39, 0.29) is 5.82 Å². The largest absolute Gasteiger partial charge is 0.457 e. The van der Waals surface area contributed by atoms with Gasteiger partial charge in [0, 0.05) is 11.9 Å². The Morgan fingerprint density at radius 2 is 1.62 bits per heavy atom. The van der Waals surface area contributed by atoms with Gasteiger partial charge in [-0.25, -0.2) is 14.3 Å². The van der Waals surface area contributed by atoms with E-state index in [4.69, 9.17) is 9.47 Å². The number of aromatic nitrogens is 4. The normalized spacial score (nSPS) is 10.7. The topological polar surface area (TPSA) is 78.6 Å². The molecule has 0 aliphatic carbocycles. The van der Waals surface area contributed by atoms with Crippen molar-refractivity contribution in [2.75, 3.05) is 0 Å². The number of rotatable bonds is 4. The summed E-state index contributed by atoms with van der Waals surface area (Å²) in [4.78, 5) is 20.4. The van der Waals surface area contributed by atoms with Crippen LogP contribution in [0.4, 0.5) is 0 Å². The summed E-state index contributed by atoms with van der Waals surface area (Å²) in [6.45, 7) is 1.85. The van der Waals surface area contributed by atoms with Crippen molar-refractivity contribution in [2.45, 2.75) is 6.92 Å². The highest BCUT2D eigenvalue weighted by atomic mass is 16.5. The van der Waals surface area contributed by atoms with Crippen LogP contribution in [0.25, 0.3) is 5.78 Å². The molecule has 4 aromatic rings. The second-order valence-corrected chi connectivity index (χ2v) is 5.51. The Kier molecular flexibility index (Phi) is 4.03. The molecule has 0 bridgehead atoms. The molecule has 7 heteroatoms. The Labute approximate surface area is 148 Å². The molecule has 0 fully saturated rings. The number of esters is 1. The molecule has 0 saturated heterocycles. The number of hydrogen-bond acceptors (Lipinski definition) is 6. The maximum Gasteiger partial charge on any atom is 0.383 e. The summed E-state index contributed by atoms with van der Waals surface area (Å²) in [5.41, 5.74) is 0.823. The van der Waals surface area contributed by atoms with Crippen LogP contribution < -0.4 is 9.47 Å². The van der Waals surface area contributed by atoms with Crippen molar-refractivity contribution in [3.8, 4) is 17.2 Å². The highest BCUT2D eigenvalue weighted by Gasteiger charge is 2.16. The Morgan fingerprint density at radius 1 is 0.923 bits per heavy atom. The molecule has 0 radical (unpaired) electrons. The van der Waals surface area contributed by atoms with Crippen LogP contribution in [0.2, 0.25) is 0 Å². The number of aryl methyl sites for hydroxylation is 1. The van der Waals surface area contributed by atoms with Crippen LogP contribution in [0.1, 0.15) is 16.3 Å². The van der Waals surface area contributed by atoms with E-state index in [0.717, 1.165) is 11.4 Å². The molecule has 2 heterocycles. The van der Waals surface area contributed by atoms with Crippen LogP contribution in [0.3, 0.4) is 0 Å². The van der Waals surface area contributed by atoms with Gasteiger partial charge < -0.3 is 9.47 Å². The zero-order valence-electron chi connectivity index (χ0n) is 13.9. The minimum Gasteiger partial charge on any atom is -0.457 e. The number of carbonyl (C=O) groups is 1. The van der Waals surface area contributed by atoms with E-state index in [0.29, 0.717) is 17.3 Å². The Hall–Kier alpha value is -3.74. The molecule has 2 aromatic heterocycles. The Balaban J connectivity index is 1.47. The van der Waals surface area contributed by atoms with Gasteiger partial charge in [0.25, 0.3) is 11.6 Å². The number of fused-ring (bicyclic) bond motifs is 1. The van der Waals surface area contributed by atoms with E-state index in [2.05, 4.69) is 15.1 Å². The summed E-state index contributed by atoms with van der Waals surface area (Å²) in [5.74, 6) is 1.40. The van der Waals surface area contributed by atoms with Crippen LogP contribution >= 0.6 is 0 Å². The predicted molar refractivity (Wildman–Crippen MR) is 93.4 cm³/mol. The predicted octanol–water partition coefficient (Wildman–Crippen LogP) is 3.44. The zero-order chi connectivity index (χ0) is 17.9. The van der Waals surface area contributed by atoms with E-state index < -0.39 is 5.97 Å². The van der Waals surface area contributed by atoms with Crippen molar-refractivity contribution in [3.63, 3.8) is 0 Å². The van der Waals surface area contributed by atoms with Crippen molar-refractivity contribution >= 4 is 11.7 Å². The van der Waals surface area contributed by atoms with Crippen LogP contribution in [0.15, 0.2) is 66.9 Å². The van der Waals surface area contributed by atoms with Gasteiger partial charge in [0.15, 0.2) is 0 Å². The van der Waals surface area contributed by atoms with Gasteiger partial charge in [-0.05, 0) is 49.4 Å². The summed E-state index contributed by atoms with van der Waals surface area (Å²) >= 11 is 0. The molecule has 4 rings (SSSR count). The third kappa shape index (κ3) is 3.23. The minimum absolute atomic E-state index is 0.0450. The molecule has 0 aliphatic heterocycles. The van der Waals surface area contributed by atoms with Crippen molar-refractivity contribution in [1.29, 1.82) is 0 Å². The molecule has 0 atom stereocenters. The average Bonchev–Trinajstić information content (AvgIpc) is 3.10. The molecule has 0 spiro atoms. The average molecular weight is 346 g/mol. The molecule has 0 saturated carbocycles. The Morgan fingerprint density at radius 3 is 2.35 bits per heavy atom. The third-order valence-electron chi connectivity index (χ3n) is 3.63. The zero-order valence-corrected chi connectivity index (χ0v) is 13.9. The highest BCUT2D eigenvalue weighted by molar-refractivity contribution is 5.87. The van der Waals surface area contributed by atoms with Crippen LogP contribution in [-0.2, 0) is 0 Å². The van der Waals surface area contributed by atoms with Crippen molar-refractivity contribution in [1.82, 2.24) is 19.6 Å². The fraction of sp³-hybridized carbons (Fsp3) is 0.0526. The summed E-state index contributed by atoms with van der Waals surface area (Å²) in [6, 6.07) is 17.9. The fourth-order valence-corrected chi connectivity index (χ4v) is 2.35. The van der Waals surface area contributed by atoms with Crippen molar-refractivity contribution in [3.05, 3.63) is 78.4 Å². The van der Waals surface area contributed by atoms with Gasteiger partial charge in [0.2, 0.25) is 0 Å². The van der Waals surface area contributed by atoms with E-state index in [1.165, 1.54) is 4.52 Å². The molecule has 26 heavy (non-hydrogen) atoms. The number of ether oxygens (including phenoxy) is 2. The number of carbonyl (C=O) groups excluding carboxylic acids is 1. The molecule has 128 valence electrons. The standard InChI is InChI=1S/C19H14N4O3/c1-13-11-12-20-19-21-17(22-23(13)19)18(24)26-16-9-7-15(8-10-16)25-14-5-3-2-4-6-14/h2-12H,1H3. The van der Waals surface area contributed by atoms with Gasteiger partial charge in [0.05, 0.1) is 0 Å². The monoisotopic (exact) mass is 346 g/mol. The van der Waals surface area contributed by atoms with Gasteiger partial charge in [0.1, 0.15) is 17.2 Å². The van der Waals surface area contributed by atoms with Gasteiger partial charge in [-0.3, -0.25) is 0 Å². The number of para-hydroxylation sites is 1. The Bertz CT molecular complexity index is 1060. The van der Waals surface area contributed by atoms with E-state index in [9.17, 15) is 4.79 Å². The lowest BCUT2D eigenvalue weighted by molar-refractivity contribution is 0.0722. The maximum absolute atomic E-state index is 12.3. The minimum atomic E-state index is -0.647. The first kappa shape index (κ1) is 15.8. The van der Waals surface area contributed by atoms with E-state index in [1.54, 1.807) is 36.5 Å². The second kappa shape index (κ2) is 6.64. The van der Waals surface area contributed by atoms with Crippen LogP contribution in [-0.4, -0.2) is 25.6 Å². The summed E-state index contributed by atoms with van der Waals surface area (Å²) < 4.78 is 12.5. The van der Waals surface area contributed by atoms with Gasteiger partial charge in [-0.15, -0.1) is 5.10 Å². The third-order valence-corrected chi connectivity index (χ3v) is 3.63.